The maximum Gasteiger partial charge on any atom is 0.310 e. The number of benzene rings is 1. The molecule has 0 amide bonds. The molecule has 0 bridgehead atoms. The molecule has 116 valence electrons. The second kappa shape index (κ2) is 7.66. The molecule has 0 radical (unpaired) electrons. The number of likely N-dealkylation sites (tertiary alicyclic amines) is 1. The number of methoxy groups -OCH3 is 1. The second-order valence-corrected chi connectivity index (χ2v) is 5.72. The monoisotopic (exact) mass is 311 g/mol. The lowest BCUT2D eigenvalue weighted by Crippen LogP contribution is -2.39. The van der Waals surface area contributed by atoms with E-state index >= 15 is 0 Å². The first-order valence-corrected chi connectivity index (χ1v) is 7.73. The number of halogens is 1. The Hall–Kier alpha value is -1.26. The number of carbonyl (C=O) groups excluding carboxylic acids is 1. The molecule has 0 saturated carbocycles. The summed E-state index contributed by atoms with van der Waals surface area (Å²) in [5.41, 5.74) is 1.05. The molecule has 1 saturated heterocycles. The van der Waals surface area contributed by atoms with Gasteiger partial charge >= 0.3 is 5.97 Å². The molecule has 2 rings (SSSR count). The van der Waals surface area contributed by atoms with Gasteiger partial charge in [-0.15, -0.1) is 0 Å². The maximum absolute atomic E-state index is 11.9. The summed E-state index contributed by atoms with van der Waals surface area (Å²) in [6.45, 7) is 4.73. The van der Waals surface area contributed by atoms with Gasteiger partial charge in [-0.25, -0.2) is 0 Å². The average Bonchev–Trinajstić information content (AvgIpc) is 2.48. The molecule has 0 N–H and O–H groups in total. The quantitative estimate of drug-likeness (QED) is 0.783. The first kappa shape index (κ1) is 16.1. The van der Waals surface area contributed by atoms with Crippen LogP contribution in [0.4, 0.5) is 0 Å². The molecule has 1 heterocycles. The summed E-state index contributed by atoms with van der Waals surface area (Å²) in [4.78, 5) is 14.1. The van der Waals surface area contributed by atoms with Crippen molar-refractivity contribution < 1.29 is 14.3 Å². The summed E-state index contributed by atoms with van der Waals surface area (Å²) < 4.78 is 10.5. The van der Waals surface area contributed by atoms with Crippen LogP contribution < -0.4 is 4.74 Å². The number of ether oxygens (including phenoxy) is 2. The minimum absolute atomic E-state index is 0.0242. The molecule has 5 heteroatoms. The van der Waals surface area contributed by atoms with Crippen LogP contribution in [0.15, 0.2) is 18.2 Å². The van der Waals surface area contributed by atoms with Crippen LogP contribution in [0.3, 0.4) is 0 Å². The lowest BCUT2D eigenvalue weighted by molar-refractivity contribution is -0.150. The van der Waals surface area contributed by atoms with Gasteiger partial charge in [0.25, 0.3) is 0 Å². The first-order valence-electron chi connectivity index (χ1n) is 7.35. The van der Waals surface area contributed by atoms with Gasteiger partial charge in [-0.3, -0.25) is 9.69 Å². The highest BCUT2D eigenvalue weighted by molar-refractivity contribution is 6.30. The molecule has 1 aliphatic rings. The van der Waals surface area contributed by atoms with E-state index in [-0.39, 0.29) is 11.9 Å². The molecule has 1 aromatic rings. The molecular weight excluding hydrogens is 290 g/mol. The van der Waals surface area contributed by atoms with E-state index in [1.165, 1.54) is 0 Å². The van der Waals surface area contributed by atoms with E-state index < -0.39 is 0 Å². The van der Waals surface area contributed by atoms with Crippen molar-refractivity contribution in [2.75, 3.05) is 26.8 Å². The van der Waals surface area contributed by atoms with Crippen LogP contribution in [-0.2, 0) is 16.1 Å². The zero-order valence-corrected chi connectivity index (χ0v) is 13.4. The van der Waals surface area contributed by atoms with Gasteiger partial charge in [0.2, 0.25) is 0 Å². The number of hydrogen-bond acceptors (Lipinski definition) is 4. The van der Waals surface area contributed by atoms with E-state index in [9.17, 15) is 4.79 Å². The maximum atomic E-state index is 11.9. The molecule has 21 heavy (non-hydrogen) atoms. The van der Waals surface area contributed by atoms with Crippen molar-refractivity contribution >= 4 is 17.6 Å². The van der Waals surface area contributed by atoms with Gasteiger partial charge < -0.3 is 9.47 Å². The Balaban J connectivity index is 2.02. The Bertz CT molecular complexity index is 492. The van der Waals surface area contributed by atoms with Crippen LogP contribution in [0.5, 0.6) is 5.75 Å². The first-order chi connectivity index (χ1) is 10.1. The van der Waals surface area contributed by atoms with Crippen molar-refractivity contribution in [2.24, 2.45) is 5.92 Å². The minimum Gasteiger partial charge on any atom is -0.496 e. The second-order valence-electron chi connectivity index (χ2n) is 5.28. The summed E-state index contributed by atoms with van der Waals surface area (Å²) in [5, 5.41) is 0.699. The van der Waals surface area contributed by atoms with Gasteiger partial charge in [-0.1, -0.05) is 11.6 Å². The normalized spacial score (nSPS) is 19.3. The standard InChI is InChI=1S/C16H22ClNO3/c1-3-21-16(19)12-5-4-8-18(10-12)11-13-9-14(17)6-7-15(13)20-2/h6-7,9,12H,3-5,8,10-11H2,1-2H3. The fraction of sp³-hybridized carbons (Fsp3) is 0.562. The van der Waals surface area contributed by atoms with Gasteiger partial charge in [0, 0.05) is 23.7 Å². The number of rotatable bonds is 5. The Morgan fingerprint density at radius 3 is 3.00 bits per heavy atom. The lowest BCUT2D eigenvalue weighted by atomic mass is 9.97. The van der Waals surface area contributed by atoms with Gasteiger partial charge in [0.1, 0.15) is 5.75 Å². The summed E-state index contributed by atoms with van der Waals surface area (Å²) in [7, 11) is 1.66. The molecule has 0 aliphatic carbocycles. The van der Waals surface area contributed by atoms with Gasteiger partial charge in [0.05, 0.1) is 19.6 Å². The van der Waals surface area contributed by atoms with E-state index in [4.69, 9.17) is 21.1 Å². The van der Waals surface area contributed by atoms with E-state index in [2.05, 4.69) is 4.90 Å². The van der Waals surface area contributed by atoms with Crippen molar-refractivity contribution in [3.63, 3.8) is 0 Å². The van der Waals surface area contributed by atoms with Crippen LogP contribution in [-0.4, -0.2) is 37.7 Å². The minimum atomic E-state index is -0.0831. The van der Waals surface area contributed by atoms with Crippen molar-refractivity contribution in [3.05, 3.63) is 28.8 Å². The van der Waals surface area contributed by atoms with Crippen LogP contribution in [0.2, 0.25) is 5.02 Å². The van der Waals surface area contributed by atoms with Crippen molar-refractivity contribution in [2.45, 2.75) is 26.3 Å². The van der Waals surface area contributed by atoms with Gasteiger partial charge in [-0.05, 0) is 44.5 Å². The van der Waals surface area contributed by atoms with Crippen molar-refractivity contribution in [1.82, 2.24) is 4.90 Å². The molecule has 1 aromatic carbocycles. The number of piperidine rings is 1. The van der Waals surface area contributed by atoms with Crippen LogP contribution in [0.1, 0.15) is 25.3 Å². The Morgan fingerprint density at radius 1 is 1.48 bits per heavy atom. The third-order valence-electron chi connectivity index (χ3n) is 3.76. The largest absolute Gasteiger partial charge is 0.496 e. The zero-order chi connectivity index (χ0) is 15.2. The highest BCUT2D eigenvalue weighted by Crippen LogP contribution is 2.26. The highest BCUT2D eigenvalue weighted by Gasteiger charge is 2.27. The third-order valence-corrected chi connectivity index (χ3v) is 4.00. The van der Waals surface area contributed by atoms with E-state index in [1.54, 1.807) is 7.11 Å². The smallest absolute Gasteiger partial charge is 0.310 e. The number of nitrogens with zero attached hydrogens (tertiary/aromatic N) is 1. The lowest BCUT2D eigenvalue weighted by Gasteiger charge is -2.31. The van der Waals surface area contributed by atoms with E-state index in [0.717, 1.165) is 43.8 Å². The summed E-state index contributed by atoms with van der Waals surface area (Å²) in [6, 6.07) is 5.63. The number of carbonyl (C=O) groups is 1. The summed E-state index contributed by atoms with van der Waals surface area (Å²) in [5.74, 6) is 0.724. The highest BCUT2D eigenvalue weighted by atomic mass is 35.5. The molecule has 1 aliphatic heterocycles. The summed E-state index contributed by atoms with van der Waals surface area (Å²) in [6.07, 6.45) is 1.91. The van der Waals surface area contributed by atoms with Crippen LogP contribution in [0.25, 0.3) is 0 Å². The van der Waals surface area contributed by atoms with E-state index in [1.807, 2.05) is 25.1 Å². The molecule has 1 fully saturated rings. The molecule has 0 aromatic heterocycles. The number of hydrogen-bond donors (Lipinski definition) is 0. The predicted octanol–water partition coefficient (Wildman–Crippen LogP) is 3.12. The zero-order valence-electron chi connectivity index (χ0n) is 12.6. The molecule has 1 unspecified atom stereocenters. The summed E-state index contributed by atoms with van der Waals surface area (Å²) >= 11 is 6.06. The predicted molar refractivity (Wildman–Crippen MR) is 82.6 cm³/mol. The molecular formula is C16H22ClNO3. The van der Waals surface area contributed by atoms with Crippen molar-refractivity contribution in [3.8, 4) is 5.75 Å². The van der Waals surface area contributed by atoms with Crippen molar-refractivity contribution in [1.29, 1.82) is 0 Å². The molecule has 0 spiro atoms. The number of esters is 1. The van der Waals surface area contributed by atoms with Gasteiger partial charge in [-0.2, -0.15) is 0 Å². The van der Waals surface area contributed by atoms with Crippen LogP contribution in [0, 0.1) is 5.92 Å². The fourth-order valence-corrected chi connectivity index (χ4v) is 2.96. The Kier molecular flexibility index (Phi) is 5.88. The topological polar surface area (TPSA) is 38.8 Å². The van der Waals surface area contributed by atoms with Gasteiger partial charge in [0.15, 0.2) is 0 Å². The SMILES string of the molecule is CCOC(=O)C1CCCN(Cc2cc(Cl)ccc2OC)C1. The fourth-order valence-electron chi connectivity index (χ4n) is 2.76. The molecule has 1 atom stereocenters. The van der Waals surface area contributed by atoms with Crippen LogP contribution >= 0.6 is 11.6 Å². The van der Waals surface area contributed by atoms with E-state index in [0.29, 0.717) is 11.6 Å². The Labute approximate surface area is 131 Å². The third kappa shape index (κ3) is 4.35. The average molecular weight is 312 g/mol. The molecule has 4 nitrogen and oxygen atoms in total. The Morgan fingerprint density at radius 2 is 2.29 bits per heavy atom.